The molecule has 0 saturated carbocycles. The molecule has 2 fully saturated rings. The van der Waals surface area contributed by atoms with Gasteiger partial charge in [-0.1, -0.05) is 13.8 Å². The zero-order valence-electron chi connectivity index (χ0n) is 21.1. The van der Waals surface area contributed by atoms with Crippen LogP contribution in [0.25, 0.3) is 0 Å². The molecule has 0 spiro atoms. The highest BCUT2D eigenvalue weighted by Crippen LogP contribution is 2.47. The van der Waals surface area contributed by atoms with E-state index in [4.69, 9.17) is 0 Å². The topological polar surface area (TPSA) is 102 Å². The summed E-state index contributed by atoms with van der Waals surface area (Å²) in [5, 5.41) is 16.4. The number of carbonyl (C=O) groups is 1. The van der Waals surface area contributed by atoms with Gasteiger partial charge in [-0.2, -0.15) is 18.4 Å². The third-order valence-corrected chi connectivity index (χ3v) is 8.87. The van der Waals surface area contributed by atoms with Crippen LogP contribution in [0.5, 0.6) is 0 Å². The maximum atomic E-state index is 13.7. The number of nitriles is 1. The van der Waals surface area contributed by atoms with Crippen molar-refractivity contribution in [1.82, 2.24) is 25.1 Å². The molecular formula is C24H26F4N8OS. The Labute approximate surface area is 221 Å². The van der Waals surface area contributed by atoms with E-state index in [0.29, 0.717) is 44.2 Å². The Balaban J connectivity index is 1.44. The quantitative estimate of drug-likeness (QED) is 0.530. The number of nitrogens with zero attached hydrogens (tertiary/aromatic N) is 8. The van der Waals surface area contributed by atoms with Crippen LogP contribution in [-0.2, 0) is 16.4 Å². The van der Waals surface area contributed by atoms with Crippen LogP contribution in [0.1, 0.15) is 44.0 Å². The van der Waals surface area contributed by atoms with E-state index in [-0.39, 0.29) is 17.8 Å². The molecule has 5 rings (SSSR count). The molecule has 14 heteroatoms. The van der Waals surface area contributed by atoms with E-state index in [0.717, 1.165) is 17.4 Å². The SMILES string of the molecule is CC1CN(c2ncnc3c2C(C)(C)CN3c2cc(C#N)c(C(F)(F)F)nn2)CCN1C(=O)C1(CF)CCS1. The second kappa shape index (κ2) is 9.21. The minimum atomic E-state index is -4.80. The fourth-order valence-electron chi connectivity index (χ4n) is 5.36. The van der Waals surface area contributed by atoms with Crippen LogP contribution in [0.15, 0.2) is 12.4 Å². The van der Waals surface area contributed by atoms with Crippen LogP contribution >= 0.6 is 11.8 Å². The van der Waals surface area contributed by atoms with Crippen LogP contribution in [0, 0.1) is 11.3 Å². The molecule has 0 radical (unpaired) electrons. The summed E-state index contributed by atoms with van der Waals surface area (Å²) in [5.74, 6) is 1.86. The second-order valence-electron chi connectivity index (χ2n) is 10.5. The molecule has 2 unspecified atom stereocenters. The minimum Gasteiger partial charge on any atom is -0.352 e. The summed E-state index contributed by atoms with van der Waals surface area (Å²) in [4.78, 5) is 27.6. The van der Waals surface area contributed by atoms with Gasteiger partial charge in [0.05, 0.1) is 5.56 Å². The van der Waals surface area contributed by atoms with Crippen molar-refractivity contribution in [2.45, 2.75) is 49.6 Å². The van der Waals surface area contributed by atoms with Gasteiger partial charge in [-0.3, -0.25) is 4.79 Å². The number of alkyl halides is 4. The molecule has 2 saturated heterocycles. The summed E-state index contributed by atoms with van der Waals surface area (Å²) in [6.45, 7) is 6.93. The van der Waals surface area contributed by atoms with E-state index in [2.05, 4.69) is 25.1 Å². The number of anilines is 3. The number of hydrogen-bond acceptors (Lipinski definition) is 9. The molecule has 3 aliphatic heterocycles. The molecular weight excluding hydrogens is 524 g/mol. The minimum absolute atomic E-state index is 0.0873. The maximum absolute atomic E-state index is 13.7. The average Bonchev–Trinajstić information content (AvgIpc) is 3.13. The predicted octanol–water partition coefficient (Wildman–Crippen LogP) is 3.47. The summed E-state index contributed by atoms with van der Waals surface area (Å²) in [6.07, 6.45) is -2.87. The number of aromatic nitrogens is 4. The van der Waals surface area contributed by atoms with Gasteiger partial charge in [-0.25, -0.2) is 14.4 Å². The lowest BCUT2D eigenvalue weighted by Crippen LogP contribution is -2.61. The molecule has 9 nitrogen and oxygen atoms in total. The Hall–Kier alpha value is -3.21. The highest BCUT2D eigenvalue weighted by Gasteiger charge is 2.50. The standard InChI is InChI=1S/C24H26F4N8OS/c1-14-10-34(5-6-35(14)21(37)23(11-25)4-7-38-23)19-17-20(31-13-30-19)36(12-22(17,2)3)16-8-15(9-29)18(33-32-16)24(26,27)28/h8,13-14H,4-7,10-12H2,1-3H3. The number of hydrogen-bond donors (Lipinski definition) is 0. The van der Waals surface area contributed by atoms with Gasteiger partial charge in [0.25, 0.3) is 0 Å². The molecule has 1 amide bonds. The van der Waals surface area contributed by atoms with Crippen LogP contribution in [-0.4, -0.2) is 80.4 Å². The number of rotatable bonds is 4. The van der Waals surface area contributed by atoms with E-state index in [9.17, 15) is 27.6 Å². The first kappa shape index (κ1) is 26.4. The van der Waals surface area contributed by atoms with Gasteiger partial charge in [-0.05, 0) is 19.1 Å². The van der Waals surface area contributed by atoms with Gasteiger partial charge in [-0.15, -0.1) is 22.0 Å². The Morgan fingerprint density at radius 2 is 1.95 bits per heavy atom. The average molecular weight is 551 g/mol. The van der Waals surface area contributed by atoms with Gasteiger partial charge in [0.2, 0.25) is 5.91 Å². The molecule has 202 valence electrons. The molecule has 0 aliphatic carbocycles. The maximum Gasteiger partial charge on any atom is 0.436 e. The van der Waals surface area contributed by atoms with Crippen molar-refractivity contribution in [1.29, 1.82) is 5.26 Å². The number of halogens is 4. The molecule has 0 bridgehead atoms. The number of fused-ring (bicyclic) bond motifs is 1. The van der Waals surface area contributed by atoms with E-state index in [1.165, 1.54) is 18.1 Å². The van der Waals surface area contributed by atoms with E-state index in [1.54, 1.807) is 15.9 Å². The lowest BCUT2D eigenvalue weighted by atomic mass is 9.87. The Kier molecular flexibility index (Phi) is 6.40. The van der Waals surface area contributed by atoms with E-state index >= 15 is 0 Å². The Morgan fingerprint density at radius 1 is 1.24 bits per heavy atom. The van der Waals surface area contributed by atoms with Crippen molar-refractivity contribution in [3.8, 4) is 6.07 Å². The molecule has 2 atom stereocenters. The summed E-state index contributed by atoms with van der Waals surface area (Å²) in [7, 11) is 0. The molecule has 3 aliphatic rings. The summed E-state index contributed by atoms with van der Waals surface area (Å²) < 4.78 is 52.5. The molecule has 38 heavy (non-hydrogen) atoms. The predicted molar refractivity (Wildman–Crippen MR) is 133 cm³/mol. The van der Waals surface area contributed by atoms with Crippen molar-refractivity contribution >= 4 is 35.1 Å². The lowest BCUT2D eigenvalue weighted by molar-refractivity contribution is -0.142. The largest absolute Gasteiger partial charge is 0.436 e. The molecule has 0 N–H and O–H groups in total. The molecule has 5 heterocycles. The smallest absolute Gasteiger partial charge is 0.352 e. The van der Waals surface area contributed by atoms with Crippen molar-refractivity contribution in [2.75, 3.05) is 48.4 Å². The van der Waals surface area contributed by atoms with Gasteiger partial charge in [0, 0.05) is 49.3 Å². The first-order valence-electron chi connectivity index (χ1n) is 12.2. The normalized spacial score (nSPS) is 24.6. The highest BCUT2D eigenvalue weighted by atomic mass is 32.2. The summed E-state index contributed by atoms with van der Waals surface area (Å²) >= 11 is 1.37. The summed E-state index contributed by atoms with van der Waals surface area (Å²) in [6, 6.07) is 2.47. The summed E-state index contributed by atoms with van der Waals surface area (Å²) in [5.41, 5.74) is -1.67. The van der Waals surface area contributed by atoms with Crippen molar-refractivity contribution in [3.05, 3.63) is 29.2 Å². The second-order valence-corrected chi connectivity index (χ2v) is 11.9. The highest BCUT2D eigenvalue weighted by molar-refractivity contribution is 8.02. The van der Waals surface area contributed by atoms with Crippen LogP contribution in [0.3, 0.4) is 0 Å². The Morgan fingerprint density at radius 3 is 2.53 bits per heavy atom. The number of carbonyl (C=O) groups excluding carboxylic acids is 1. The fraction of sp³-hybridized carbons (Fsp3) is 0.583. The number of thioether (sulfide) groups is 1. The first-order valence-corrected chi connectivity index (χ1v) is 13.1. The van der Waals surface area contributed by atoms with Crippen molar-refractivity contribution < 1.29 is 22.4 Å². The zero-order valence-corrected chi connectivity index (χ0v) is 21.9. The van der Waals surface area contributed by atoms with Gasteiger partial charge in [0.15, 0.2) is 11.5 Å². The number of piperazine rings is 1. The third-order valence-electron chi connectivity index (χ3n) is 7.42. The van der Waals surface area contributed by atoms with Crippen LogP contribution < -0.4 is 9.80 Å². The van der Waals surface area contributed by atoms with Gasteiger partial charge >= 0.3 is 6.18 Å². The molecule has 2 aromatic heterocycles. The fourth-order valence-corrected chi connectivity index (χ4v) is 6.37. The molecule has 0 aromatic carbocycles. The van der Waals surface area contributed by atoms with E-state index in [1.807, 2.05) is 20.8 Å². The van der Waals surface area contributed by atoms with Crippen molar-refractivity contribution in [2.24, 2.45) is 0 Å². The first-order chi connectivity index (χ1) is 17.9. The molecule has 2 aromatic rings. The monoisotopic (exact) mass is 550 g/mol. The van der Waals surface area contributed by atoms with Crippen LogP contribution in [0.2, 0.25) is 0 Å². The van der Waals surface area contributed by atoms with Gasteiger partial charge < -0.3 is 14.7 Å². The Bertz CT molecular complexity index is 1300. The van der Waals surface area contributed by atoms with Crippen molar-refractivity contribution in [3.63, 3.8) is 0 Å². The third kappa shape index (κ3) is 4.20. The number of amides is 1. The lowest BCUT2D eigenvalue weighted by Gasteiger charge is -2.47. The van der Waals surface area contributed by atoms with Crippen LogP contribution in [0.4, 0.5) is 35.0 Å². The zero-order chi connectivity index (χ0) is 27.5. The van der Waals surface area contributed by atoms with E-state index < -0.39 is 34.3 Å². The van der Waals surface area contributed by atoms with Gasteiger partial charge in [0.1, 0.15) is 35.5 Å².